The molecule has 1 N–H and O–H groups in total. The van der Waals surface area contributed by atoms with E-state index >= 15 is 0 Å². The van der Waals surface area contributed by atoms with Crippen LogP contribution in [0.1, 0.15) is 24.0 Å². The number of piperazine rings is 2. The molecule has 3 heterocycles. The summed E-state index contributed by atoms with van der Waals surface area (Å²) in [4.78, 5) is 39.2. The number of carbonyl (C=O) groups excluding carboxylic acids is 2. The van der Waals surface area contributed by atoms with E-state index in [1.807, 2.05) is 29.2 Å². The van der Waals surface area contributed by atoms with Gasteiger partial charge in [-0.25, -0.2) is 4.98 Å². The first-order chi connectivity index (χ1) is 18.4. The van der Waals surface area contributed by atoms with Crippen molar-refractivity contribution in [3.63, 3.8) is 0 Å². The summed E-state index contributed by atoms with van der Waals surface area (Å²) in [6.45, 7) is 10.2. The minimum atomic E-state index is -0.139. The lowest BCUT2D eigenvalue weighted by molar-refractivity contribution is -0.134. The Morgan fingerprint density at radius 3 is 2.34 bits per heavy atom. The molecule has 0 unspecified atom stereocenters. The zero-order valence-electron chi connectivity index (χ0n) is 22.5. The van der Waals surface area contributed by atoms with E-state index in [1.165, 1.54) is 5.56 Å². The third-order valence-electron chi connectivity index (χ3n) is 7.65. The molecule has 2 aliphatic heterocycles. The molecule has 0 aliphatic carbocycles. The molecule has 8 heteroatoms. The van der Waals surface area contributed by atoms with Gasteiger partial charge in [0.15, 0.2) is 0 Å². The van der Waals surface area contributed by atoms with Gasteiger partial charge in [0.25, 0.3) is 0 Å². The van der Waals surface area contributed by atoms with E-state index < -0.39 is 0 Å². The number of carbonyl (C=O) groups is 2. The number of aromatic nitrogens is 1. The number of hydrogen-bond donors (Lipinski definition) is 1. The number of amides is 2. The molecule has 2 amide bonds. The van der Waals surface area contributed by atoms with E-state index in [-0.39, 0.29) is 24.7 Å². The molecular weight excluding hydrogens is 476 g/mol. The number of anilines is 2. The second-order valence-electron chi connectivity index (χ2n) is 10.5. The van der Waals surface area contributed by atoms with E-state index in [0.717, 1.165) is 73.8 Å². The van der Waals surface area contributed by atoms with Crippen LogP contribution in [0.4, 0.5) is 11.5 Å². The van der Waals surface area contributed by atoms with E-state index in [2.05, 4.69) is 64.3 Å². The normalized spacial score (nSPS) is 17.1. The molecular formula is C30H38N6O2. The van der Waals surface area contributed by atoms with Gasteiger partial charge in [0, 0.05) is 82.8 Å². The summed E-state index contributed by atoms with van der Waals surface area (Å²) in [5.74, 6) is 0.925. The molecule has 0 bridgehead atoms. The summed E-state index contributed by atoms with van der Waals surface area (Å²) >= 11 is 0. The summed E-state index contributed by atoms with van der Waals surface area (Å²) in [7, 11) is 2.15. The fourth-order valence-corrected chi connectivity index (χ4v) is 5.25. The van der Waals surface area contributed by atoms with Crippen LogP contribution in [-0.4, -0.2) is 90.9 Å². The van der Waals surface area contributed by atoms with Gasteiger partial charge in [-0.05, 0) is 49.4 Å². The Balaban J connectivity index is 1.10. The number of rotatable bonds is 7. The quantitative estimate of drug-likeness (QED) is 0.521. The van der Waals surface area contributed by atoms with E-state index in [0.29, 0.717) is 13.1 Å². The van der Waals surface area contributed by atoms with Crippen LogP contribution in [0.25, 0.3) is 10.9 Å². The number of benzene rings is 2. The van der Waals surface area contributed by atoms with Crippen LogP contribution in [0.2, 0.25) is 0 Å². The molecule has 0 spiro atoms. The predicted octanol–water partition coefficient (Wildman–Crippen LogP) is 3.36. The Hall–Kier alpha value is -3.49. The van der Waals surface area contributed by atoms with Gasteiger partial charge in [-0.2, -0.15) is 0 Å². The summed E-state index contributed by atoms with van der Waals surface area (Å²) in [5, 5.41) is 4.01. The summed E-state index contributed by atoms with van der Waals surface area (Å²) in [6, 6.07) is 18.4. The molecule has 5 rings (SSSR count). The fraction of sp³-hybridized carbons (Fsp3) is 0.433. The van der Waals surface area contributed by atoms with Crippen molar-refractivity contribution in [3.05, 3.63) is 65.7 Å². The summed E-state index contributed by atoms with van der Waals surface area (Å²) in [6.07, 6.45) is 0.410. The highest BCUT2D eigenvalue weighted by molar-refractivity contribution is 5.96. The number of hydrogen-bond acceptors (Lipinski definition) is 6. The van der Waals surface area contributed by atoms with Gasteiger partial charge < -0.3 is 20.0 Å². The van der Waals surface area contributed by atoms with Gasteiger partial charge in [-0.15, -0.1) is 0 Å². The number of aryl methyl sites for hydroxylation is 1. The summed E-state index contributed by atoms with van der Waals surface area (Å²) < 4.78 is 0. The fourth-order valence-electron chi connectivity index (χ4n) is 5.25. The van der Waals surface area contributed by atoms with Crippen LogP contribution in [0.3, 0.4) is 0 Å². The van der Waals surface area contributed by atoms with Gasteiger partial charge in [-0.1, -0.05) is 30.3 Å². The topological polar surface area (TPSA) is 72.0 Å². The zero-order chi connectivity index (χ0) is 26.5. The Bertz CT molecular complexity index is 1260. The first kappa shape index (κ1) is 26.1. The Kier molecular flexibility index (Phi) is 8.20. The molecule has 0 saturated carbocycles. The standard InChI is InChI=1S/C30H38N6O2/c1-23-20-28(35-16-12-33(2)13-17-35)32-27-9-8-25(21-26(23)27)31-29(37)10-11-30(38)36-18-14-34(15-19-36)22-24-6-4-3-5-7-24/h3-9,20-21H,10-19,22H2,1-2H3,(H,31,37). The number of likely N-dealkylation sites (N-methyl/N-ethyl adjacent to an activating group) is 1. The smallest absolute Gasteiger partial charge is 0.224 e. The maximum absolute atomic E-state index is 12.7. The van der Waals surface area contributed by atoms with Crippen molar-refractivity contribution >= 4 is 34.2 Å². The maximum atomic E-state index is 12.7. The van der Waals surface area contributed by atoms with Crippen LogP contribution < -0.4 is 10.2 Å². The highest BCUT2D eigenvalue weighted by Crippen LogP contribution is 2.26. The average Bonchev–Trinajstić information content (AvgIpc) is 2.93. The molecule has 8 nitrogen and oxygen atoms in total. The highest BCUT2D eigenvalue weighted by atomic mass is 16.2. The van der Waals surface area contributed by atoms with Crippen molar-refractivity contribution in [3.8, 4) is 0 Å². The molecule has 200 valence electrons. The van der Waals surface area contributed by atoms with Crippen molar-refractivity contribution in [1.29, 1.82) is 0 Å². The molecule has 0 atom stereocenters. The van der Waals surface area contributed by atoms with Crippen LogP contribution in [0.5, 0.6) is 0 Å². The van der Waals surface area contributed by atoms with Gasteiger partial charge in [0.2, 0.25) is 11.8 Å². The second-order valence-corrected chi connectivity index (χ2v) is 10.5. The van der Waals surface area contributed by atoms with Crippen molar-refractivity contribution in [2.24, 2.45) is 0 Å². The highest BCUT2D eigenvalue weighted by Gasteiger charge is 2.22. The third-order valence-corrected chi connectivity index (χ3v) is 7.65. The number of pyridine rings is 1. The molecule has 2 saturated heterocycles. The second kappa shape index (κ2) is 11.9. The lowest BCUT2D eigenvalue weighted by atomic mass is 10.1. The van der Waals surface area contributed by atoms with Crippen molar-refractivity contribution in [2.75, 3.05) is 69.6 Å². The van der Waals surface area contributed by atoms with Gasteiger partial charge in [0.05, 0.1) is 5.52 Å². The minimum absolute atomic E-state index is 0.0505. The number of nitrogens with one attached hydrogen (secondary N) is 1. The van der Waals surface area contributed by atoms with E-state index in [1.54, 1.807) is 0 Å². The molecule has 0 radical (unpaired) electrons. The molecule has 38 heavy (non-hydrogen) atoms. The van der Waals surface area contributed by atoms with Gasteiger partial charge >= 0.3 is 0 Å². The van der Waals surface area contributed by atoms with E-state index in [9.17, 15) is 9.59 Å². The lowest BCUT2D eigenvalue weighted by Crippen LogP contribution is -2.48. The minimum Gasteiger partial charge on any atom is -0.354 e. The largest absolute Gasteiger partial charge is 0.354 e. The maximum Gasteiger partial charge on any atom is 0.224 e. The predicted molar refractivity (Wildman–Crippen MR) is 152 cm³/mol. The van der Waals surface area contributed by atoms with Gasteiger partial charge in [-0.3, -0.25) is 14.5 Å². The number of nitrogens with zero attached hydrogens (tertiary/aromatic N) is 5. The molecule has 2 aliphatic rings. The first-order valence-electron chi connectivity index (χ1n) is 13.6. The van der Waals surface area contributed by atoms with Crippen LogP contribution in [0, 0.1) is 6.92 Å². The van der Waals surface area contributed by atoms with E-state index in [4.69, 9.17) is 4.98 Å². The Morgan fingerprint density at radius 1 is 0.868 bits per heavy atom. The SMILES string of the molecule is Cc1cc(N2CCN(C)CC2)nc2ccc(NC(=O)CCC(=O)N3CCN(Cc4ccccc4)CC3)cc12. The molecule has 2 fully saturated rings. The zero-order valence-corrected chi connectivity index (χ0v) is 22.5. The first-order valence-corrected chi connectivity index (χ1v) is 13.6. The van der Waals surface area contributed by atoms with Crippen molar-refractivity contribution in [1.82, 2.24) is 19.7 Å². The Morgan fingerprint density at radius 2 is 1.61 bits per heavy atom. The monoisotopic (exact) mass is 514 g/mol. The molecule has 1 aromatic heterocycles. The Labute approximate surface area is 225 Å². The average molecular weight is 515 g/mol. The summed E-state index contributed by atoms with van der Waals surface area (Å²) in [5.41, 5.74) is 4.10. The van der Waals surface area contributed by atoms with Crippen molar-refractivity contribution in [2.45, 2.75) is 26.3 Å². The van der Waals surface area contributed by atoms with Crippen LogP contribution >= 0.6 is 0 Å². The number of fused-ring (bicyclic) bond motifs is 1. The van der Waals surface area contributed by atoms with Crippen LogP contribution in [-0.2, 0) is 16.1 Å². The van der Waals surface area contributed by atoms with Crippen LogP contribution in [0.15, 0.2) is 54.6 Å². The third kappa shape index (κ3) is 6.49. The lowest BCUT2D eigenvalue weighted by Gasteiger charge is -2.34. The molecule has 2 aromatic carbocycles. The molecule has 3 aromatic rings. The van der Waals surface area contributed by atoms with Crippen molar-refractivity contribution < 1.29 is 9.59 Å². The van der Waals surface area contributed by atoms with Gasteiger partial charge in [0.1, 0.15) is 5.82 Å².